The molecule has 1 amide bonds. The molecule has 1 rings (SSSR count). The maximum absolute atomic E-state index is 12.2. The van der Waals surface area contributed by atoms with Gasteiger partial charge in [-0.05, 0) is 19.9 Å². The Morgan fingerprint density at radius 1 is 1.56 bits per heavy atom. The molecule has 1 unspecified atom stereocenters. The summed E-state index contributed by atoms with van der Waals surface area (Å²) < 4.78 is 0. The van der Waals surface area contributed by atoms with Gasteiger partial charge in [-0.1, -0.05) is 25.8 Å². The predicted molar refractivity (Wildman–Crippen MR) is 67.3 cm³/mol. The molecule has 16 heavy (non-hydrogen) atoms. The number of carbonyl (C=O) groups excluding carboxylic acids is 1. The van der Waals surface area contributed by atoms with E-state index in [-0.39, 0.29) is 11.8 Å². The molecule has 0 bridgehead atoms. The van der Waals surface area contributed by atoms with E-state index in [4.69, 9.17) is 0 Å². The minimum atomic E-state index is 0.0607. The third-order valence-electron chi connectivity index (χ3n) is 3.31. The van der Waals surface area contributed by atoms with Crippen molar-refractivity contribution in [3.05, 3.63) is 12.7 Å². The average Bonchev–Trinajstić information content (AvgIpc) is 2.78. The number of carbonyl (C=O) groups is 1. The summed E-state index contributed by atoms with van der Waals surface area (Å²) in [5.41, 5.74) is 0. The van der Waals surface area contributed by atoms with Crippen molar-refractivity contribution < 1.29 is 4.79 Å². The fourth-order valence-electron chi connectivity index (χ4n) is 2.45. The number of nitrogens with one attached hydrogen (secondary N) is 1. The van der Waals surface area contributed by atoms with E-state index in [1.165, 1.54) is 12.8 Å². The van der Waals surface area contributed by atoms with Gasteiger partial charge < -0.3 is 10.2 Å². The fourth-order valence-corrected chi connectivity index (χ4v) is 2.45. The molecule has 1 N–H and O–H groups in total. The Bertz CT molecular complexity index is 234. The molecule has 0 radical (unpaired) electrons. The first-order valence-electron chi connectivity index (χ1n) is 6.26. The predicted octanol–water partition coefficient (Wildman–Crippen LogP) is 1.80. The molecule has 0 spiro atoms. The first-order valence-corrected chi connectivity index (χ1v) is 6.26. The third-order valence-corrected chi connectivity index (χ3v) is 3.31. The Hall–Kier alpha value is -0.830. The van der Waals surface area contributed by atoms with Crippen LogP contribution in [0.5, 0.6) is 0 Å². The third kappa shape index (κ3) is 3.34. The molecule has 0 saturated heterocycles. The molecule has 0 heterocycles. The molecule has 0 aliphatic heterocycles. The number of nitrogens with zero attached hydrogens (tertiary/aromatic N) is 1. The molecular weight excluding hydrogens is 200 g/mol. The maximum atomic E-state index is 12.2. The lowest BCUT2D eigenvalue weighted by Crippen LogP contribution is -2.43. The van der Waals surface area contributed by atoms with E-state index in [1.54, 1.807) is 0 Å². The second-order valence-electron chi connectivity index (χ2n) is 4.68. The van der Waals surface area contributed by atoms with Gasteiger partial charge in [-0.25, -0.2) is 0 Å². The zero-order valence-electron chi connectivity index (χ0n) is 10.5. The molecule has 1 aliphatic carbocycles. The van der Waals surface area contributed by atoms with Gasteiger partial charge >= 0.3 is 0 Å². The zero-order valence-corrected chi connectivity index (χ0v) is 10.5. The van der Waals surface area contributed by atoms with Gasteiger partial charge in [0.1, 0.15) is 0 Å². The Balaban J connectivity index is 2.60. The summed E-state index contributed by atoms with van der Waals surface area (Å²) in [7, 11) is 1.89. The van der Waals surface area contributed by atoms with Crippen LogP contribution in [-0.2, 0) is 4.79 Å². The van der Waals surface area contributed by atoms with Crippen LogP contribution in [0.2, 0.25) is 0 Å². The summed E-state index contributed by atoms with van der Waals surface area (Å²) in [4.78, 5) is 14.3. The standard InChI is InChI=1S/C13H24N2O/c1-4-9-15(12-7-5-6-8-12)13(16)11(2)10-14-3/h4,11-12,14H,1,5-10H2,2-3H3. The van der Waals surface area contributed by atoms with Crippen LogP contribution >= 0.6 is 0 Å². The van der Waals surface area contributed by atoms with E-state index in [0.717, 1.165) is 19.4 Å². The molecule has 3 nitrogen and oxygen atoms in total. The first-order chi connectivity index (χ1) is 7.70. The molecule has 1 saturated carbocycles. The monoisotopic (exact) mass is 224 g/mol. The molecule has 1 aliphatic rings. The molecule has 0 aromatic heterocycles. The number of hydrogen-bond acceptors (Lipinski definition) is 2. The summed E-state index contributed by atoms with van der Waals surface area (Å²) in [5.74, 6) is 0.326. The van der Waals surface area contributed by atoms with Crippen molar-refractivity contribution >= 4 is 5.91 Å². The van der Waals surface area contributed by atoms with Crippen LogP contribution in [0.25, 0.3) is 0 Å². The van der Waals surface area contributed by atoms with Crippen molar-refractivity contribution in [1.29, 1.82) is 0 Å². The van der Waals surface area contributed by atoms with Gasteiger partial charge in [0.15, 0.2) is 0 Å². The summed E-state index contributed by atoms with van der Waals surface area (Å²) in [6, 6.07) is 0.449. The Kier molecular flexibility index (Phi) is 5.53. The summed E-state index contributed by atoms with van der Waals surface area (Å²) in [5, 5.41) is 3.06. The number of hydrogen-bond donors (Lipinski definition) is 1. The van der Waals surface area contributed by atoms with Gasteiger partial charge in [0.2, 0.25) is 5.91 Å². The Morgan fingerprint density at radius 3 is 2.69 bits per heavy atom. The Morgan fingerprint density at radius 2 is 2.19 bits per heavy atom. The fraction of sp³-hybridized carbons (Fsp3) is 0.769. The lowest BCUT2D eigenvalue weighted by Gasteiger charge is -2.30. The van der Waals surface area contributed by atoms with Gasteiger partial charge in [0.05, 0.1) is 0 Å². The summed E-state index contributed by atoms with van der Waals surface area (Å²) in [6.07, 6.45) is 6.66. The number of rotatable bonds is 6. The van der Waals surface area contributed by atoms with Crippen LogP contribution in [-0.4, -0.2) is 37.0 Å². The second kappa shape index (κ2) is 6.69. The molecule has 92 valence electrons. The summed E-state index contributed by atoms with van der Waals surface area (Å²) >= 11 is 0. The lowest BCUT2D eigenvalue weighted by atomic mass is 10.1. The highest BCUT2D eigenvalue weighted by molar-refractivity contribution is 5.79. The minimum absolute atomic E-state index is 0.0607. The van der Waals surface area contributed by atoms with Crippen molar-refractivity contribution in [3.8, 4) is 0 Å². The van der Waals surface area contributed by atoms with Crippen LogP contribution in [0.15, 0.2) is 12.7 Å². The van der Waals surface area contributed by atoms with Crippen molar-refractivity contribution in [3.63, 3.8) is 0 Å². The van der Waals surface area contributed by atoms with E-state index in [0.29, 0.717) is 12.6 Å². The first kappa shape index (κ1) is 13.2. The highest BCUT2D eigenvalue weighted by Crippen LogP contribution is 2.24. The van der Waals surface area contributed by atoms with Crippen LogP contribution in [0.1, 0.15) is 32.6 Å². The van der Waals surface area contributed by atoms with E-state index in [1.807, 2.05) is 24.9 Å². The molecule has 1 fully saturated rings. The maximum Gasteiger partial charge on any atom is 0.227 e. The zero-order chi connectivity index (χ0) is 12.0. The van der Waals surface area contributed by atoms with Gasteiger partial charge in [-0.15, -0.1) is 6.58 Å². The van der Waals surface area contributed by atoms with E-state index in [2.05, 4.69) is 11.9 Å². The van der Waals surface area contributed by atoms with Crippen molar-refractivity contribution in [2.24, 2.45) is 5.92 Å². The van der Waals surface area contributed by atoms with E-state index in [9.17, 15) is 4.79 Å². The average molecular weight is 224 g/mol. The van der Waals surface area contributed by atoms with Crippen LogP contribution < -0.4 is 5.32 Å². The van der Waals surface area contributed by atoms with Gasteiger partial charge in [0, 0.05) is 25.0 Å². The molecular formula is C13H24N2O. The molecule has 0 aromatic rings. The quantitative estimate of drug-likeness (QED) is 0.698. The topological polar surface area (TPSA) is 32.3 Å². The van der Waals surface area contributed by atoms with Gasteiger partial charge in [0.25, 0.3) is 0 Å². The van der Waals surface area contributed by atoms with Crippen LogP contribution in [0, 0.1) is 5.92 Å². The normalized spacial score (nSPS) is 18.4. The SMILES string of the molecule is C=CCN(C(=O)C(C)CNC)C1CCCC1. The molecule has 1 atom stereocenters. The van der Waals surface area contributed by atoms with Crippen molar-refractivity contribution in [2.45, 2.75) is 38.6 Å². The van der Waals surface area contributed by atoms with Gasteiger partial charge in [-0.2, -0.15) is 0 Å². The molecule has 3 heteroatoms. The smallest absolute Gasteiger partial charge is 0.227 e. The largest absolute Gasteiger partial charge is 0.336 e. The Labute approximate surface area is 98.9 Å². The number of amides is 1. The second-order valence-corrected chi connectivity index (χ2v) is 4.68. The van der Waals surface area contributed by atoms with Gasteiger partial charge in [-0.3, -0.25) is 4.79 Å². The van der Waals surface area contributed by atoms with Crippen molar-refractivity contribution in [1.82, 2.24) is 10.2 Å². The highest BCUT2D eigenvalue weighted by atomic mass is 16.2. The highest BCUT2D eigenvalue weighted by Gasteiger charge is 2.28. The summed E-state index contributed by atoms with van der Waals surface area (Å²) in [6.45, 7) is 7.18. The van der Waals surface area contributed by atoms with Crippen molar-refractivity contribution in [2.75, 3.05) is 20.1 Å². The van der Waals surface area contributed by atoms with E-state index < -0.39 is 0 Å². The van der Waals surface area contributed by atoms with Crippen LogP contribution in [0.4, 0.5) is 0 Å². The minimum Gasteiger partial charge on any atom is -0.336 e. The van der Waals surface area contributed by atoms with E-state index >= 15 is 0 Å². The lowest BCUT2D eigenvalue weighted by molar-refractivity contribution is -0.136. The molecule has 0 aromatic carbocycles. The van der Waals surface area contributed by atoms with Crippen LogP contribution in [0.3, 0.4) is 0 Å².